The van der Waals surface area contributed by atoms with Gasteiger partial charge in [-0.2, -0.15) is 5.26 Å². The van der Waals surface area contributed by atoms with Gasteiger partial charge in [-0.15, -0.1) is 0 Å². The molecule has 0 radical (unpaired) electrons. The summed E-state index contributed by atoms with van der Waals surface area (Å²) < 4.78 is 0. The Morgan fingerprint density at radius 2 is 1.57 bits per heavy atom. The predicted molar refractivity (Wildman–Crippen MR) is 112 cm³/mol. The van der Waals surface area contributed by atoms with Gasteiger partial charge in [0, 0.05) is 24.2 Å². The van der Waals surface area contributed by atoms with Crippen LogP contribution in [-0.2, 0) is 0 Å². The first-order valence-electron chi connectivity index (χ1n) is 9.76. The fraction of sp³-hybridized carbons (Fsp3) is 0.200. The van der Waals surface area contributed by atoms with Crippen LogP contribution in [0.5, 0.6) is 0 Å². The molecule has 0 bridgehead atoms. The fourth-order valence-electron chi connectivity index (χ4n) is 4.49. The molecule has 3 nitrogen and oxygen atoms in total. The van der Waals surface area contributed by atoms with E-state index in [-0.39, 0.29) is 5.78 Å². The third-order valence-corrected chi connectivity index (χ3v) is 5.90. The van der Waals surface area contributed by atoms with Crippen molar-refractivity contribution in [2.45, 2.75) is 19.8 Å². The molecule has 1 fully saturated rings. The zero-order valence-electron chi connectivity index (χ0n) is 15.8. The second-order valence-corrected chi connectivity index (χ2v) is 7.61. The number of benzene rings is 3. The molecule has 1 aliphatic heterocycles. The van der Waals surface area contributed by atoms with Crippen molar-refractivity contribution in [3.05, 3.63) is 76.9 Å². The van der Waals surface area contributed by atoms with Crippen molar-refractivity contribution < 1.29 is 4.79 Å². The lowest BCUT2D eigenvalue weighted by atomic mass is 9.90. The van der Waals surface area contributed by atoms with Gasteiger partial charge in [0.25, 0.3) is 0 Å². The summed E-state index contributed by atoms with van der Waals surface area (Å²) in [5, 5.41) is 10.0. The summed E-state index contributed by atoms with van der Waals surface area (Å²) in [6.45, 7) is 3.94. The molecule has 1 heterocycles. The molecule has 0 N–H and O–H groups in total. The zero-order valence-corrected chi connectivity index (χ0v) is 15.8. The average molecular weight is 364 g/mol. The molecule has 0 atom stereocenters. The summed E-state index contributed by atoms with van der Waals surface area (Å²) in [6, 6.07) is 20.6. The van der Waals surface area contributed by atoms with Gasteiger partial charge in [0.05, 0.1) is 16.8 Å². The quantitative estimate of drug-likeness (QED) is 0.482. The van der Waals surface area contributed by atoms with Crippen molar-refractivity contribution in [2.75, 3.05) is 18.0 Å². The highest BCUT2D eigenvalue weighted by Gasteiger charge is 2.34. The highest BCUT2D eigenvalue weighted by molar-refractivity contribution is 6.25. The lowest BCUT2D eigenvalue weighted by Gasteiger charge is -2.23. The average Bonchev–Trinajstić information content (AvgIpc) is 3.36. The number of nitrogens with zero attached hydrogens (tertiary/aromatic N) is 2. The lowest BCUT2D eigenvalue weighted by molar-refractivity contribution is 0.104. The standard InChI is InChI=1S/C25H20N2O/c1-16-8-10-17(11-9-16)20-14-22(27-12-4-5-13-27)21(15-26)24-23(20)18-6-2-3-7-19(18)25(24)28/h2-3,6-11,14H,4-5,12-13H2,1H3. The minimum absolute atomic E-state index is 0.0310. The molecule has 28 heavy (non-hydrogen) atoms. The minimum Gasteiger partial charge on any atom is -0.370 e. The van der Waals surface area contributed by atoms with Crippen molar-refractivity contribution >= 4 is 11.5 Å². The van der Waals surface area contributed by atoms with E-state index in [4.69, 9.17) is 0 Å². The van der Waals surface area contributed by atoms with E-state index >= 15 is 0 Å². The summed E-state index contributed by atoms with van der Waals surface area (Å²) in [7, 11) is 0. The molecule has 136 valence electrons. The highest BCUT2D eigenvalue weighted by Crippen LogP contribution is 2.47. The van der Waals surface area contributed by atoms with Crippen molar-refractivity contribution in [3.63, 3.8) is 0 Å². The summed E-state index contributed by atoms with van der Waals surface area (Å²) >= 11 is 0. The smallest absolute Gasteiger partial charge is 0.195 e. The van der Waals surface area contributed by atoms with Crippen LogP contribution < -0.4 is 4.90 Å². The number of anilines is 1. The number of carbonyl (C=O) groups is 1. The normalized spacial score (nSPS) is 14.7. The van der Waals surface area contributed by atoms with Gasteiger partial charge >= 0.3 is 0 Å². The summed E-state index contributed by atoms with van der Waals surface area (Å²) in [5.41, 5.74) is 7.84. The number of aryl methyl sites for hydroxylation is 1. The van der Waals surface area contributed by atoms with Gasteiger partial charge in [0.15, 0.2) is 5.78 Å². The Kier molecular flexibility index (Phi) is 3.80. The van der Waals surface area contributed by atoms with Crippen LogP contribution in [0.1, 0.15) is 39.9 Å². The monoisotopic (exact) mass is 364 g/mol. The molecule has 2 aliphatic rings. The first kappa shape index (κ1) is 16.8. The number of carbonyl (C=O) groups excluding carboxylic acids is 1. The zero-order chi connectivity index (χ0) is 19.3. The number of fused-ring (bicyclic) bond motifs is 3. The topological polar surface area (TPSA) is 44.1 Å². The number of hydrogen-bond acceptors (Lipinski definition) is 3. The summed E-state index contributed by atoms with van der Waals surface area (Å²) in [4.78, 5) is 15.6. The Bertz CT molecular complexity index is 1150. The van der Waals surface area contributed by atoms with Crippen LogP contribution in [0.25, 0.3) is 22.3 Å². The molecule has 3 aromatic carbocycles. The Balaban J connectivity index is 1.86. The summed E-state index contributed by atoms with van der Waals surface area (Å²) in [6.07, 6.45) is 2.24. The maximum Gasteiger partial charge on any atom is 0.195 e. The third-order valence-electron chi connectivity index (χ3n) is 5.90. The van der Waals surface area contributed by atoms with Crippen LogP contribution in [0.15, 0.2) is 54.6 Å². The Hall–Kier alpha value is -3.38. The van der Waals surface area contributed by atoms with Gasteiger partial charge in [0.1, 0.15) is 6.07 Å². The number of rotatable bonds is 2. The molecule has 3 aromatic rings. The maximum atomic E-state index is 13.3. The highest BCUT2D eigenvalue weighted by atomic mass is 16.1. The fourth-order valence-corrected chi connectivity index (χ4v) is 4.49. The van der Waals surface area contributed by atoms with Crippen molar-refractivity contribution in [3.8, 4) is 28.3 Å². The van der Waals surface area contributed by atoms with Gasteiger partial charge < -0.3 is 4.90 Å². The van der Waals surface area contributed by atoms with Crippen molar-refractivity contribution in [2.24, 2.45) is 0 Å². The van der Waals surface area contributed by atoms with Crippen LogP contribution in [0.4, 0.5) is 5.69 Å². The van der Waals surface area contributed by atoms with Crippen LogP contribution in [-0.4, -0.2) is 18.9 Å². The molecule has 0 amide bonds. The Morgan fingerprint density at radius 1 is 0.893 bits per heavy atom. The van der Waals surface area contributed by atoms with Gasteiger partial charge in [-0.25, -0.2) is 0 Å². The molecule has 0 unspecified atom stereocenters. The second kappa shape index (κ2) is 6.35. The molecule has 1 aliphatic carbocycles. The molecule has 0 saturated carbocycles. The number of hydrogen-bond donors (Lipinski definition) is 0. The van der Waals surface area contributed by atoms with E-state index in [1.54, 1.807) is 0 Å². The molecule has 5 rings (SSSR count). The van der Waals surface area contributed by atoms with Crippen LogP contribution >= 0.6 is 0 Å². The molecule has 0 aromatic heterocycles. The van der Waals surface area contributed by atoms with Crippen LogP contribution in [0.2, 0.25) is 0 Å². The molecule has 1 saturated heterocycles. The van der Waals surface area contributed by atoms with Gasteiger partial charge in [-0.1, -0.05) is 54.1 Å². The van der Waals surface area contributed by atoms with E-state index in [0.29, 0.717) is 16.7 Å². The van der Waals surface area contributed by atoms with E-state index in [1.807, 2.05) is 24.3 Å². The van der Waals surface area contributed by atoms with E-state index in [2.05, 4.69) is 48.2 Å². The molecular weight excluding hydrogens is 344 g/mol. The first-order chi connectivity index (χ1) is 13.7. The van der Waals surface area contributed by atoms with E-state index < -0.39 is 0 Å². The Labute approximate surface area is 164 Å². The van der Waals surface area contributed by atoms with Gasteiger partial charge in [-0.3, -0.25) is 4.79 Å². The predicted octanol–water partition coefficient (Wildman–Crippen LogP) is 5.35. The largest absolute Gasteiger partial charge is 0.370 e. The molecule has 3 heteroatoms. The second-order valence-electron chi connectivity index (χ2n) is 7.61. The third kappa shape index (κ3) is 2.38. The van der Waals surface area contributed by atoms with Gasteiger partial charge in [0.2, 0.25) is 0 Å². The van der Waals surface area contributed by atoms with E-state index in [9.17, 15) is 10.1 Å². The van der Waals surface area contributed by atoms with E-state index in [1.165, 1.54) is 5.56 Å². The Morgan fingerprint density at radius 3 is 2.25 bits per heavy atom. The van der Waals surface area contributed by atoms with Crippen LogP contribution in [0.3, 0.4) is 0 Å². The minimum atomic E-state index is -0.0310. The first-order valence-corrected chi connectivity index (χ1v) is 9.76. The maximum absolute atomic E-state index is 13.3. The molecule has 0 spiro atoms. The van der Waals surface area contributed by atoms with Gasteiger partial charge in [-0.05, 0) is 42.5 Å². The van der Waals surface area contributed by atoms with Crippen LogP contribution in [0, 0.1) is 18.3 Å². The lowest BCUT2D eigenvalue weighted by Crippen LogP contribution is -2.20. The van der Waals surface area contributed by atoms with E-state index in [0.717, 1.165) is 53.9 Å². The number of ketones is 1. The number of nitriles is 1. The molecular formula is C25H20N2O. The van der Waals surface area contributed by atoms with Crippen molar-refractivity contribution in [1.29, 1.82) is 5.26 Å². The summed E-state index contributed by atoms with van der Waals surface area (Å²) in [5.74, 6) is -0.0310. The SMILES string of the molecule is Cc1ccc(-c2cc(N3CCCC3)c(C#N)c3c2-c2ccccc2C3=O)cc1. The van der Waals surface area contributed by atoms with Crippen molar-refractivity contribution in [1.82, 2.24) is 0 Å².